The van der Waals surface area contributed by atoms with Gasteiger partial charge in [-0.3, -0.25) is 9.59 Å². The maximum absolute atomic E-state index is 13.6. The molecule has 0 saturated heterocycles. The second kappa shape index (κ2) is 8.13. The number of benzene rings is 2. The number of nitrogens with one attached hydrogen (secondary N) is 1. The molecule has 0 saturated carbocycles. The molecule has 0 heterocycles. The quantitative estimate of drug-likeness (QED) is 0.869. The van der Waals surface area contributed by atoms with Crippen molar-refractivity contribution >= 4 is 40.7 Å². The molecule has 0 bridgehead atoms. The van der Waals surface area contributed by atoms with Gasteiger partial charge in [0.2, 0.25) is 5.91 Å². The lowest BCUT2D eigenvalue weighted by Gasteiger charge is -2.22. The molecule has 0 fully saturated rings. The van der Waals surface area contributed by atoms with Crippen molar-refractivity contribution in [1.29, 1.82) is 0 Å². The third kappa shape index (κ3) is 4.69. The van der Waals surface area contributed by atoms with Crippen molar-refractivity contribution in [3.05, 3.63) is 63.9 Å². The first-order chi connectivity index (χ1) is 11.4. The molecule has 126 valence electrons. The molecule has 0 aliphatic rings. The maximum Gasteiger partial charge on any atom is 0.254 e. The second-order valence-electron chi connectivity index (χ2n) is 5.03. The molecule has 0 radical (unpaired) electrons. The molecule has 24 heavy (non-hydrogen) atoms. The number of nitrogens with zero attached hydrogens (tertiary/aromatic N) is 1. The summed E-state index contributed by atoms with van der Waals surface area (Å²) >= 11 is 11.9. The average molecular weight is 369 g/mol. The van der Waals surface area contributed by atoms with Gasteiger partial charge in [0.15, 0.2) is 0 Å². The third-order valence-electron chi connectivity index (χ3n) is 3.28. The van der Waals surface area contributed by atoms with Crippen LogP contribution in [0, 0.1) is 5.82 Å². The van der Waals surface area contributed by atoms with Crippen LogP contribution in [-0.4, -0.2) is 24.9 Å². The Morgan fingerprint density at radius 2 is 1.75 bits per heavy atom. The molecule has 7 heteroatoms. The van der Waals surface area contributed by atoms with Gasteiger partial charge in [0, 0.05) is 35.7 Å². The summed E-state index contributed by atoms with van der Waals surface area (Å²) in [4.78, 5) is 25.2. The van der Waals surface area contributed by atoms with Crippen molar-refractivity contribution in [1.82, 2.24) is 5.32 Å². The van der Waals surface area contributed by atoms with Crippen LogP contribution in [0.5, 0.6) is 0 Å². The Hall–Kier alpha value is -2.11. The fourth-order valence-electron chi connectivity index (χ4n) is 2.19. The molecule has 0 spiro atoms. The molecular formula is C17H15Cl2FN2O2. The van der Waals surface area contributed by atoms with Crippen LogP contribution in [0.25, 0.3) is 0 Å². The molecule has 1 N–H and O–H groups in total. The zero-order valence-electron chi connectivity index (χ0n) is 12.9. The Labute approximate surface area is 149 Å². The van der Waals surface area contributed by atoms with E-state index in [2.05, 4.69) is 5.32 Å². The van der Waals surface area contributed by atoms with E-state index in [0.717, 1.165) is 0 Å². The molecule has 0 aliphatic heterocycles. The fraction of sp³-hybridized carbons (Fsp3) is 0.176. The SMILES string of the molecule is CC(=O)N(CCNC(=O)c1ccccc1F)c1cc(Cl)cc(Cl)c1. The average Bonchev–Trinajstić information content (AvgIpc) is 2.50. The number of hydrogen-bond acceptors (Lipinski definition) is 2. The van der Waals surface area contributed by atoms with E-state index in [0.29, 0.717) is 15.7 Å². The van der Waals surface area contributed by atoms with Gasteiger partial charge < -0.3 is 10.2 Å². The third-order valence-corrected chi connectivity index (χ3v) is 3.71. The van der Waals surface area contributed by atoms with E-state index in [4.69, 9.17) is 23.2 Å². The predicted octanol–water partition coefficient (Wildman–Crippen LogP) is 3.92. The molecule has 0 aliphatic carbocycles. The first-order valence-electron chi connectivity index (χ1n) is 7.15. The topological polar surface area (TPSA) is 49.4 Å². The number of halogens is 3. The highest BCUT2D eigenvalue weighted by atomic mass is 35.5. The Bertz CT molecular complexity index is 748. The lowest BCUT2D eigenvalue weighted by molar-refractivity contribution is -0.116. The van der Waals surface area contributed by atoms with Crippen LogP contribution in [0.4, 0.5) is 10.1 Å². The highest BCUT2D eigenvalue weighted by Crippen LogP contribution is 2.25. The highest BCUT2D eigenvalue weighted by Gasteiger charge is 2.15. The lowest BCUT2D eigenvalue weighted by Crippen LogP contribution is -2.37. The predicted molar refractivity (Wildman–Crippen MR) is 93.2 cm³/mol. The molecular weight excluding hydrogens is 354 g/mol. The van der Waals surface area contributed by atoms with Gasteiger partial charge in [-0.05, 0) is 30.3 Å². The number of amides is 2. The summed E-state index contributed by atoms with van der Waals surface area (Å²) in [5.74, 6) is -1.37. The molecule has 0 aromatic heterocycles. The fourth-order valence-corrected chi connectivity index (χ4v) is 2.70. The van der Waals surface area contributed by atoms with Gasteiger partial charge in [0.05, 0.1) is 5.56 Å². The zero-order chi connectivity index (χ0) is 17.7. The molecule has 4 nitrogen and oxygen atoms in total. The minimum Gasteiger partial charge on any atom is -0.350 e. The van der Waals surface area contributed by atoms with Gasteiger partial charge in [-0.1, -0.05) is 35.3 Å². The number of anilines is 1. The normalized spacial score (nSPS) is 10.3. The standard InChI is InChI=1S/C17H15Cl2FN2O2/c1-11(23)22(14-9-12(18)8-13(19)10-14)7-6-21-17(24)15-4-2-3-5-16(15)20/h2-5,8-10H,6-7H2,1H3,(H,21,24). The summed E-state index contributed by atoms with van der Waals surface area (Å²) in [5.41, 5.74) is 0.484. The van der Waals surface area contributed by atoms with Gasteiger partial charge in [-0.2, -0.15) is 0 Å². The summed E-state index contributed by atoms with van der Waals surface area (Å²) in [5, 5.41) is 3.39. The van der Waals surface area contributed by atoms with Crippen LogP contribution in [-0.2, 0) is 4.79 Å². The van der Waals surface area contributed by atoms with E-state index >= 15 is 0 Å². The zero-order valence-corrected chi connectivity index (χ0v) is 14.4. The van der Waals surface area contributed by atoms with Gasteiger partial charge in [0.1, 0.15) is 5.82 Å². The van der Waals surface area contributed by atoms with Gasteiger partial charge in [0.25, 0.3) is 5.91 Å². The van der Waals surface area contributed by atoms with Crippen LogP contribution in [0.1, 0.15) is 17.3 Å². The Kier molecular flexibility index (Phi) is 6.17. The Morgan fingerprint density at radius 1 is 1.12 bits per heavy atom. The number of carbonyl (C=O) groups is 2. The summed E-state index contributed by atoms with van der Waals surface area (Å²) in [6.45, 7) is 1.75. The summed E-state index contributed by atoms with van der Waals surface area (Å²) in [6.07, 6.45) is 0. The molecule has 2 aromatic carbocycles. The van der Waals surface area contributed by atoms with Gasteiger partial charge in [-0.15, -0.1) is 0 Å². The highest BCUT2D eigenvalue weighted by molar-refractivity contribution is 6.35. The van der Waals surface area contributed by atoms with Gasteiger partial charge in [-0.25, -0.2) is 4.39 Å². The molecule has 0 unspecified atom stereocenters. The second-order valence-corrected chi connectivity index (χ2v) is 5.91. The van der Waals surface area contributed by atoms with Crippen molar-refractivity contribution < 1.29 is 14.0 Å². The first-order valence-corrected chi connectivity index (χ1v) is 7.91. The van der Waals surface area contributed by atoms with E-state index in [1.807, 2.05) is 0 Å². The maximum atomic E-state index is 13.6. The van der Waals surface area contributed by atoms with E-state index in [-0.39, 0.29) is 24.6 Å². The van der Waals surface area contributed by atoms with E-state index in [1.54, 1.807) is 24.3 Å². The largest absolute Gasteiger partial charge is 0.350 e. The smallest absolute Gasteiger partial charge is 0.254 e. The summed E-state index contributed by atoms with van der Waals surface area (Å²) in [7, 11) is 0. The van der Waals surface area contributed by atoms with Crippen molar-refractivity contribution in [2.24, 2.45) is 0 Å². The number of rotatable bonds is 5. The van der Waals surface area contributed by atoms with Crippen LogP contribution in [0.3, 0.4) is 0 Å². The minimum atomic E-state index is -0.597. The number of carbonyl (C=O) groups excluding carboxylic acids is 2. The van der Waals surface area contributed by atoms with Crippen LogP contribution >= 0.6 is 23.2 Å². The van der Waals surface area contributed by atoms with E-state index < -0.39 is 11.7 Å². The van der Waals surface area contributed by atoms with Crippen molar-refractivity contribution in [2.75, 3.05) is 18.0 Å². The van der Waals surface area contributed by atoms with Crippen LogP contribution in [0.2, 0.25) is 10.0 Å². The van der Waals surface area contributed by atoms with Crippen molar-refractivity contribution in [3.63, 3.8) is 0 Å². The Balaban J connectivity index is 2.03. The monoisotopic (exact) mass is 368 g/mol. The summed E-state index contributed by atoms with van der Waals surface area (Å²) < 4.78 is 13.6. The van der Waals surface area contributed by atoms with Crippen LogP contribution < -0.4 is 10.2 Å². The van der Waals surface area contributed by atoms with E-state index in [9.17, 15) is 14.0 Å². The van der Waals surface area contributed by atoms with Crippen molar-refractivity contribution in [2.45, 2.75) is 6.92 Å². The van der Waals surface area contributed by atoms with E-state index in [1.165, 1.54) is 30.0 Å². The lowest BCUT2D eigenvalue weighted by atomic mass is 10.2. The number of hydrogen-bond donors (Lipinski definition) is 1. The molecule has 2 amide bonds. The Morgan fingerprint density at radius 3 is 2.33 bits per heavy atom. The molecule has 2 rings (SSSR count). The summed E-state index contributed by atoms with van der Waals surface area (Å²) in [6, 6.07) is 10.5. The minimum absolute atomic E-state index is 0.0438. The molecule has 0 atom stereocenters. The first kappa shape index (κ1) is 18.2. The molecule has 2 aromatic rings. The van der Waals surface area contributed by atoms with Crippen molar-refractivity contribution in [3.8, 4) is 0 Å². The van der Waals surface area contributed by atoms with Gasteiger partial charge >= 0.3 is 0 Å². The van der Waals surface area contributed by atoms with Crippen LogP contribution in [0.15, 0.2) is 42.5 Å².